The lowest BCUT2D eigenvalue weighted by Crippen LogP contribution is -2.37. The molecule has 1 atom stereocenters. The van der Waals surface area contributed by atoms with Gasteiger partial charge >= 0.3 is 0 Å². The lowest BCUT2D eigenvalue weighted by Gasteiger charge is -2.26. The summed E-state index contributed by atoms with van der Waals surface area (Å²) in [5, 5.41) is 7.42. The number of hydrogen-bond acceptors (Lipinski definition) is 4. The molecule has 7 nitrogen and oxygen atoms in total. The normalized spacial score (nSPS) is 16.4. The molecule has 5 rings (SSSR count). The predicted octanol–water partition coefficient (Wildman–Crippen LogP) is 2.74. The number of nitrogens with one attached hydrogen (secondary N) is 1. The number of nitrogens with zero attached hydrogens (tertiary/aromatic N) is 3. The molecule has 1 aliphatic rings. The summed E-state index contributed by atoms with van der Waals surface area (Å²) in [4.78, 5) is 25.5. The molecule has 0 radical (unpaired) electrons. The van der Waals surface area contributed by atoms with Gasteiger partial charge in [-0.05, 0) is 37.3 Å². The standard InChI is InChI=1S/C21H20N4O3/c1-13-23-24(21(27)18-11-19-17(25(13)18)9-10-28-19)12-20(26)22-16-8-4-6-14-5-2-3-7-15(14)16/h2-3,5,7,9-11,16H,4,6,8,12H2,1H3,(H,22,26)/t16-/m1/s1. The van der Waals surface area contributed by atoms with E-state index in [0.717, 1.165) is 24.8 Å². The topological polar surface area (TPSA) is 81.5 Å². The quantitative estimate of drug-likeness (QED) is 0.596. The summed E-state index contributed by atoms with van der Waals surface area (Å²) < 4.78 is 8.38. The fourth-order valence-corrected chi connectivity index (χ4v) is 4.22. The number of rotatable bonds is 3. The smallest absolute Gasteiger partial charge is 0.291 e. The van der Waals surface area contributed by atoms with Gasteiger partial charge in [-0.2, -0.15) is 5.10 Å². The van der Waals surface area contributed by atoms with E-state index in [9.17, 15) is 9.59 Å². The molecule has 7 heteroatoms. The average molecular weight is 376 g/mol. The third kappa shape index (κ3) is 2.62. The number of aromatic nitrogens is 3. The third-order valence-electron chi connectivity index (χ3n) is 5.46. The van der Waals surface area contributed by atoms with E-state index < -0.39 is 0 Å². The fourth-order valence-electron chi connectivity index (χ4n) is 4.22. The van der Waals surface area contributed by atoms with Gasteiger partial charge in [0.05, 0.1) is 17.8 Å². The molecule has 1 N–H and O–H groups in total. The molecule has 0 saturated carbocycles. The lowest BCUT2D eigenvalue weighted by molar-refractivity contribution is -0.122. The second-order valence-electron chi connectivity index (χ2n) is 7.26. The average Bonchev–Trinajstić information content (AvgIpc) is 3.27. The number of aryl methyl sites for hydroxylation is 2. The van der Waals surface area contributed by atoms with E-state index in [4.69, 9.17) is 4.42 Å². The second-order valence-corrected chi connectivity index (χ2v) is 7.26. The van der Waals surface area contributed by atoms with Crippen LogP contribution in [0.1, 0.15) is 35.8 Å². The Labute approximate surface area is 160 Å². The Kier molecular flexibility index (Phi) is 3.82. The molecule has 4 aromatic rings. The van der Waals surface area contributed by atoms with Crippen molar-refractivity contribution < 1.29 is 9.21 Å². The molecule has 0 fully saturated rings. The molecule has 0 bridgehead atoms. The van der Waals surface area contributed by atoms with Crippen LogP contribution in [0.15, 0.2) is 51.9 Å². The van der Waals surface area contributed by atoms with Crippen molar-refractivity contribution in [2.45, 2.75) is 38.8 Å². The Bertz CT molecular complexity index is 1260. The van der Waals surface area contributed by atoms with Crippen LogP contribution in [0.5, 0.6) is 0 Å². The first-order valence-electron chi connectivity index (χ1n) is 9.45. The van der Waals surface area contributed by atoms with Crippen molar-refractivity contribution in [2.75, 3.05) is 0 Å². The van der Waals surface area contributed by atoms with E-state index in [1.807, 2.05) is 19.1 Å². The zero-order valence-corrected chi connectivity index (χ0v) is 15.5. The number of furan rings is 1. The summed E-state index contributed by atoms with van der Waals surface area (Å²) >= 11 is 0. The zero-order chi connectivity index (χ0) is 19.3. The molecule has 1 amide bonds. The van der Waals surface area contributed by atoms with Crippen LogP contribution in [0.25, 0.3) is 16.6 Å². The first-order valence-corrected chi connectivity index (χ1v) is 9.45. The number of benzene rings is 1. The van der Waals surface area contributed by atoms with Crippen molar-refractivity contribution in [3.05, 3.63) is 70.0 Å². The van der Waals surface area contributed by atoms with Gasteiger partial charge in [0.2, 0.25) is 5.91 Å². The molecule has 1 aromatic carbocycles. The number of fused-ring (bicyclic) bond motifs is 4. The van der Waals surface area contributed by atoms with Crippen molar-refractivity contribution in [3.63, 3.8) is 0 Å². The van der Waals surface area contributed by atoms with Crippen LogP contribution in [0.3, 0.4) is 0 Å². The molecule has 0 unspecified atom stereocenters. The highest BCUT2D eigenvalue weighted by atomic mass is 16.3. The van der Waals surface area contributed by atoms with Gasteiger partial charge in [0.25, 0.3) is 5.56 Å². The molecule has 1 aliphatic carbocycles. The van der Waals surface area contributed by atoms with Crippen molar-refractivity contribution in [2.24, 2.45) is 0 Å². The highest BCUT2D eigenvalue weighted by Crippen LogP contribution is 2.29. The van der Waals surface area contributed by atoms with Gasteiger partial charge < -0.3 is 9.73 Å². The first-order chi connectivity index (χ1) is 13.6. The van der Waals surface area contributed by atoms with Crippen molar-refractivity contribution in [3.8, 4) is 0 Å². The van der Waals surface area contributed by atoms with Crippen LogP contribution in [-0.2, 0) is 17.8 Å². The van der Waals surface area contributed by atoms with Gasteiger partial charge in [0.1, 0.15) is 17.9 Å². The Hall–Kier alpha value is -3.35. The number of carbonyl (C=O) groups excluding carboxylic acids is 1. The third-order valence-corrected chi connectivity index (χ3v) is 5.46. The molecular weight excluding hydrogens is 356 g/mol. The Morgan fingerprint density at radius 3 is 3.04 bits per heavy atom. The molecule has 142 valence electrons. The summed E-state index contributed by atoms with van der Waals surface area (Å²) in [5.41, 5.74) is 4.02. The van der Waals surface area contributed by atoms with E-state index in [-0.39, 0.29) is 24.1 Å². The molecular formula is C21H20N4O3. The minimum Gasteiger partial charge on any atom is -0.463 e. The summed E-state index contributed by atoms with van der Waals surface area (Å²) in [6.07, 6.45) is 4.55. The fraction of sp³-hybridized carbons (Fsp3) is 0.286. The number of carbonyl (C=O) groups is 1. The highest BCUT2D eigenvalue weighted by molar-refractivity contribution is 5.82. The SMILES string of the molecule is Cc1nn(CC(=O)N[C@@H]2CCCc3ccccc32)c(=O)c2cc3occc3n12. The van der Waals surface area contributed by atoms with E-state index in [2.05, 4.69) is 22.5 Å². The summed E-state index contributed by atoms with van der Waals surface area (Å²) in [7, 11) is 0. The van der Waals surface area contributed by atoms with Gasteiger partial charge in [-0.25, -0.2) is 4.68 Å². The maximum absolute atomic E-state index is 12.8. The maximum atomic E-state index is 12.8. The van der Waals surface area contributed by atoms with Crippen LogP contribution in [0.4, 0.5) is 0 Å². The van der Waals surface area contributed by atoms with Crippen molar-refractivity contribution >= 4 is 22.5 Å². The van der Waals surface area contributed by atoms with Crippen LogP contribution in [-0.4, -0.2) is 20.1 Å². The summed E-state index contributed by atoms with van der Waals surface area (Å²) in [6, 6.07) is 11.7. The largest absolute Gasteiger partial charge is 0.463 e. The summed E-state index contributed by atoms with van der Waals surface area (Å²) in [6.45, 7) is 1.70. The first kappa shape index (κ1) is 16.8. The van der Waals surface area contributed by atoms with Crippen LogP contribution in [0, 0.1) is 6.92 Å². The van der Waals surface area contributed by atoms with Gasteiger partial charge in [-0.3, -0.25) is 14.0 Å². The van der Waals surface area contributed by atoms with E-state index in [1.54, 1.807) is 22.8 Å². The molecule has 0 spiro atoms. The highest BCUT2D eigenvalue weighted by Gasteiger charge is 2.22. The second kappa shape index (κ2) is 6.37. The maximum Gasteiger partial charge on any atom is 0.291 e. The van der Waals surface area contributed by atoms with E-state index in [1.165, 1.54) is 15.8 Å². The van der Waals surface area contributed by atoms with Crippen LogP contribution < -0.4 is 10.9 Å². The minimum absolute atomic E-state index is 0.0198. The van der Waals surface area contributed by atoms with Crippen LogP contribution in [0.2, 0.25) is 0 Å². The van der Waals surface area contributed by atoms with E-state index in [0.29, 0.717) is 16.9 Å². The van der Waals surface area contributed by atoms with Crippen molar-refractivity contribution in [1.82, 2.24) is 19.5 Å². The zero-order valence-electron chi connectivity index (χ0n) is 15.5. The minimum atomic E-state index is -0.309. The number of hydrogen-bond donors (Lipinski definition) is 1. The summed E-state index contributed by atoms with van der Waals surface area (Å²) in [5.74, 6) is 0.414. The van der Waals surface area contributed by atoms with E-state index >= 15 is 0 Å². The van der Waals surface area contributed by atoms with Crippen LogP contribution >= 0.6 is 0 Å². The van der Waals surface area contributed by atoms with Gasteiger partial charge in [-0.1, -0.05) is 24.3 Å². The van der Waals surface area contributed by atoms with Crippen molar-refractivity contribution in [1.29, 1.82) is 0 Å². The predicted molar refractivity (Wildman–Crippen MR) is 104 cm³/mol. The number of amides is 1. The molecule has 0 saturated heterocycles. The Morgan fingerprint density at radius 1 is 1.29 bits per heavy atom. The molecule has 28 heavy (non-hydrogen) atoms. The molecule has 3 aromatic heterocycles. The lowest BCUT2D eigenvalue weighted by atomic mass is 9.88. The molecule has 3 heterocycles. The molecule has 0 aliphatic heterocycles. The van der Waals surface area contributed by atoms with Gasteiger partial charge in [-0.15, -0.1) is 0 Å². The van der Waals surface area contributed by atoms with Gasteiger partial charge in [0.15, 0.2) is 5.58 Å². The Morgan fingerprint density at radius 2 is 2.14 bits per heavy atom. The monoisotopic (exact) mass is 376 g/mol. The van der Waals surface area contributed by atoms with Gasteiger partial charge in [0, 0.05) is 12.1 Å². The Balaban J connectivity index is 1.43.